The minimum Gasteiger partial charge on any atom is -0.352 e. The predicted octanol–water partition coefficient (Wildman–Crippen LogP) is 2.89. The van der Waals surface area contributed by atoms with Crippen LogP contribution < -0.4 is 16.8 Å². The first-order valence-electron chi connectivity index (χ1n) is 9.14. The number of nitrogens with zero attached hydrogens (tertiary/aromatic N) is 1. The zero-order valence-electron chi connectivity index (χ0n) is 16.1. The van der Waals surface area contributed by atoms with Gasteiger partial charge in [0.15, 0.2) is 0 Å². The van der Waals surface area contributed by atoms with Gasteiger partial charge in [-0.15, -0.1) is 12.4 Å². The van der Waals surface area contributed by atoms with Crippen molar-refractivity contribution in [2.45, 2.75) is 32.4 Å². The molecular weight excluding hydrogens is 376 g/mol. The van der Waals surface area contributed by atoms with Crippen molar-refractivity contribution in [1.82, 2.24) is 10.2 Å². The van der Waals surface area contributed by atoms with Crippen LogP contribution in [0, 0.1) is 6.92 Å². The highest BCUT2D eigenvalue weighted by Gasteiger charge is 2.22. The van der Waals surface area contributed by atoms with Crippen molar-refractivity contribution < 1.29 is 9.59 Å². The van der Waals surface area contributed by atoms with Crippen LogP contribution in [0.3, 0.4) is 0 Å². The van der Waals surface area contributed by atoms with E-state index in [1.807, 2.05) is 61.5 Å². The molecule has 152 valence electrons. The van der Waals surface area contributed by atoms with E-state index in [0.29, 0.717) is 19.6 Å². The minimum atomic E-state index is -0.646. The summed E-state index contributed by atoms with van der Waals surface area (Å²) < 4.78 is 0. The molecule has 5 N–H and O–H groups in total. The van der Waals surface area contributed by atoms with Gasteiger partial charge in [-0.25, -0.2) is 4.79 Å². The van der Waals surface area contributed by atoms with Crippen LogP contribution in [0.25, 0.3) is 0 Å². The number of rotatable bonds is 9. The van der Waals surface area contributed by atoms with Gasteiger partial charge in [0.25, 0.3) is 0 Å². The Balaban J connectivity index is 0.00000392. The fourth-order valence-electron chi connectivity index (χ4n) is 3.07. The Bertz CT molecular complexity index is 755. The van der Waals surface area contributed by atoms with Crippen LogP contribution in [0.5, 0.6) is 0 Å². The van der Waals surface area contributed by atoms with Crippen molar-refractivity contribution in [3.05, 3.63) is 71.3 Å². The van der Waals surface area contributed by atoms with Gasteiger partial charge in [-0.3, -0.25) is 4.79 Å². The normalized spacial score (nSPS) is 11.2. The average Bonchev–Trinajstić information content (AvgIpc) is 2.65. The number of benzene rings is 2. The summed E-state index contributed by atoms with van der Waals surface area (Å²) in [6.45, 7) is 3.54. The molecule has 1 unspecified atom stereocenters. The lowest BCUT2D eigenvalue weighted by atomic mass is 9.98. The summed E-state index contributed by atoms with van der Waals surface area (Å²) in [7, 11) is 0. The third kappa shape index (κ3) is 7.21. The Morgan fingerprint density at radius 1 is 1.07 bits per heavy atom. The minimum absolute atomic E-state index is 0. The van der Waals surface area contributed by atoms with E-state index in [0.717, 1.165) is 23.1 Å². The second-order valence-electron chi connectivity index (χ2n) is 6.57. The number of carbonyl (C=O) groups is 2. The van der Waals surface area contributed by atoms with Gasteiger partial charge in [-0.05, 0) is 36.6 Å². The molecule has 2 rings (SSSR count). The summed E-state index contributed by atoms with van der Waals surface area (Å²) in [6.07, 6.45) is 0.863. The number of hydrogen-bond donors (Lipinski definition) is 3. The lowest BCUT2D eigenvalue weighted by molar-refractivity contribution is -0.132. The number of carbonyl (C=O) groups excluding carboxylic acids is 2. The molecule has 0 aromatic heterocycles. The highest BCUT2D eigenvalue weighted by atomic mass is 35.5. The molecule has 0 spiro atoms. The quantitative estimate of drug-likeness (QED) is 0.598. The van der Waals surface area contributed by atoms with Crippen LogP contribution >= 0.6 is 12.4 Å². The Hall–Kier alpha value is -2.57. The first-order valence-corrected chi connectivity index (χ1v) is 9.14. The lowest BCUT2D eigenvalue weighted by Crippen LogP contribution is -2.39. The van der Waals surface area contributed by atoms with E-state index in [1.54, 1.807) is 4.90 Å². The van der Waals surface area contributed by atoms with E-state index in [-0.39, 0.29) is 24.7 Å². The zero-order valence-corrected chi connectivity index (χ0v) is 17.0. The van der Waals surface area contributed by atoms with Crippen LogP contribution in [0.15, 0.2) is 54.6 Å². The Morgan fingerprint density at radius 3 is 2.32 bits per heavy atom. The number of halogens is 1. The maximum Gasteiger partial charge on any atom is 0.312 e. The molecule has 0 fully saturated rings. The standard InChI is InChI=1S/C21H28N4O2.ClH/c1-16-8-5-6-11-18(16)19(24-21(23)27)14-20(26)25(13-7-12-22)15-17-9-3-2-4-10-17;/h2-6,8-11,19H,7,12-15,22H2,1H3,(H3,23,24,27);1H. The number of nitrogens with one attached hydrogen (secondary N) is 1. The molecule has 2 aromatic rings. The van der Waals surface area contributed by atoms with Crippen LogP contribution in [0.4, 0.5) is 4.79 Å². The van der Waals surface area contributed by atoms with E-state index in [9.17, 15) is 9.59 Å². The molecule has 0 heterocycles. The fourth-order valence-corrected chi connectivity index (χ4v) is 3.07. The molecule has 1 atom stereocenters. The van der Waals surface area contributed by atoms with Gasteiger partial charge in [-0.2, -0.15) is 0 Å². The van der Waals surface area contributed by atoms with Crippen molar-refractivity contribution in [2.24, 2.45) is 11.5 Å². The van der Waals surface area contributed by atoms with Crippen LogP contribution in [-0.4, -0.2) is 29.9 Å². The first kappa shape index (κ1) is 23.5. The van der Waals surface area contributed by atoms with Gasteiger partial charge in [0.05, 0.1) is 12.5 Å². The van der Waals surface area contributed by atoms with Crippen LogP contribution in [0.1, 0.15) is 35.6 Å². The molecule has 0 radical (unpaired) electrons. The van der Waals surface area contributed by atoms with Gasteiger partial charge in [0.2, 0.25) is 5.91 Å². The SMILES string of the molecule is Cc1ccccc1C(CC(=O)N(CCCN)Cc1ccccc1)NC(N)=O.Cl. The maximum atomic E-state index is 13.0. The molecule has 2 aromatic carbocycles. The monoisotopic (exact) mass is 404 g/mol. The molecule has 0 aliphatic heterocycles. The third-order valence-electron chi connectivity index (χ3n) is 4.46. The molecule has 0 saturated heterocycles. The van der Waals surface area contributed by atoms with Gasteiger partial charge >= 0.3 is 6.03 Å². The highest BCUT2D eigenvalue weighted by molar-refractivity contribution is 5.85. The third-order valence-corrected chi connectivity index (χ3v) is 4.46. The number of hydrogen-bond acceptors (Lipinski definition) is 3. The molecular formula is C21H29ClN4O2. The Kier molecular flexibility index (Phi) is 10.1. The summed E-state index contributed by atoms with van der Waals surface area (Å²) in [5.41, 5.74) is 13.9. The van der Waals surface area contributed by atoms with Gasteiger partial charge in [-0.1, -0.05) is 54.6 Å². The Morgan fingerprint density at radius 2 is 1.71 bits per heavy atom. The van der Waals surface area contributed by atoms with Gasteiger partial charge in [0, 0.05) is 13.1 Å². The predicted molar refractivity (Wildman–Crippen MR) is 114 cm³/mol. The first-order chi connectivity index (χ1) is 13.0. The molecule has 7 heteroatoms. The molecule has 6 nitrogen and oxygen atoms in total. The van der Waals surface area contributed by atoms with E-state index >= 15 is 0 Å². The van der Waals surface area contributed by atoms with Crippen molar-refractivity contribution in [1.29, 1.82) is 0 Å². The molecule has 28 heavy (non-hydrogen) atoms. The summed E-state index contributed by atoms with van der Waals surface area (Å²) >= 11 is 0. The molecule has 0 saturated carbocycles. The van der Waals surface area contributed by atoms with E-state index in [4.69, 9.17) is 11.5 Å². The topological polar surface area (TPSA) is 101 Å². The average molecular weight is 405 g/mol. The Labute approximate surface area is 172 Å². The lowest BCUT2D eigenvalue weighted by Gasteiger charge is -2.26. The summed E-state index contributed by atoms with van der Waals surface area (Å²) in [5.74, 6) is -0.0469. The number of urea groups is 1. The molecule has 0 aliphatic carbocycles. The van der Waals surface area contributed by atoms with Gasteiger partial charge in [0.1, 0.15) is 0 Å². The number of amides is 3. The van der Waals surface area contributed by atoms with Crippen molar-refractivity contribution in [2.75, 3.05) is 13.1 Å². The van der Waals surface area contributed by atoms with E-state index < -0.39 is 12.1 Å². The van der Waals surface area contributed by atoms with Crippen molar-refractivity contribution in [3.63, 3.8) is 0 Å². The van der Waals surface area contributed by atoms with Crippen LogP contribution in [0.2, 0.25) is 0 Å². The number of nitrogens with two attached hydrogens (primary N) is 2. The summed E-state index contributed by atoms with van der Waals surface area (Å²) in [4.78, 5) is 26.3. The summed E-state index contributed by atoms with van der Waals surface area (Å²) in [6, 6.07) is 16.4. The number of primary amides is 1. The summed E-state index contributed by atoms with van der Waals surface area (Å²) in [5, 5.41) is 2.71. The van der Waals surface area contributed by atoms with Crippen molar-refractivity contribution in [3.8, 4) is 0 Å². The number of aryl methyl sites for hydroxylation is 1. The molecule has 0 bridgehead atoms. The fraction of sp³-hybridized carbons (Fsp3) is 0.333. The second kappa shape index (κ2) is 12.0. The van der Waals surface area contributed by atoms with Crippen molar-refractivity contribution >= 4 is 24.3 Å². The maximum absolute atomic E-state index is 13.0. The zero-order chi connectivity index (χ0) is 19.6. The van der Waals surface area contributed by atoms with E-state index in [1.165, 1.54) is 0 Å². The van der Waals surface area contributed by atoms with Crippen LogP contribution in [-0.2, 0) is 11.3 Å². The second-order valence-corrected chi connectivity index (χ2v) is 6.57. The molecule has 0 aliphatic rings. The van der Waals surface area contributed by atoms with Gasteiger partial charge < -0.3 is 21.7 Å². The van der Waals surface area contributed by atoms with E-state index in [2.05, 4.69) is 5.32 Å². The smallest absolute Gasteiger partial charge is 0.312 e. The largest absolute Gasteiger partial charge is 0.352 e. The molecule has 3 amide bonds. The highest BCUT2D eigenvalue weighted by Crippen LogP contribution is 2.22.